The van der Waals surface area contributed by atoms with Crippen LogP contribution in [-0.4, -0.2) is 9.91 Å². The van der Waals surface area contributed by atoms with Crippen molar-refractivity contribution in [3.05, 3.63) is 44.3 Å². The van der Waals surface area contributed by atoms with Crippen molar-refractivity contribution in [2.75, 3.05) is 0 Å². The fraction of sp³-hybridized carbons (Fsp3) is 0. The maximum absolute atomic E-state index is 13.5. The topological polar surface area (TPSA) is 56.0 Å². The number of benzene rings is 1. The second-order valence-corrected chi connectivity index (χ2v) is 3.75. The molecule has 82 valence electrons. The van der Waals surface area contributed by atoms with Crippen molar-refractivity contribution < 1.29 is 9.31 Å². The first-order valence-electron chi connectivity index (χ1n) is 4.09. The summed E-state index contributed by atoms with van der Waals surface area (Å²) in [7, 11) is 0. The van der Waals surface area contributed by atoms with Gasteiger partial charge in [0.05, 0.1) is 20.8 Å². The van der Waals surface area contributed by atoms with E-state index < -0.39 is 16.4 Å². The molecule has 0 atom stereocenters. The molecule has 0 aliphatic heterocycles. The molecule has 1 aromatic carbocycles. The van der Waals surface area contributed by atoms with Crippen LogP contribution in [-0.2, 0) is 0 Å². The Hall–Kier alpha value is -1.46. The Kier molecular flexibility index (Phi) is 2.65. The van der Waals surface area contributed by atoms with E-state index in [1.54, 1.807) is 0 Å². The number of nitrogens with zero attached hydrogens (tertiary/aromatic N) is 2. The highest BCUT2D eigenvalue weighted by Gasteiger charge is 2.19. The van der Waals surface area contributed by atoms with Gasteiger partial charge in [0.25, 0.3) is 0 Å². The summed E-state index contributed by atoms with van der Waals surface area (Å²) < 4.78 is 13.5. The Morgan fingerprint density at radius 2 is 2.06 bits per heavy atom. The third kappa shape index (κ3) is 1.58. The molecular weight excluding hydrogens is 258 g/mol. The predicted octanol–water partition coefficient (Wildman–Crippen LogP) is 3.59. The summed E-state index contributed by atoms with van der Waals surface area (Å²) in [6.07, 6.45) is 0.954. The lowest BCUT2D eigenvalue weighted by atomic mass is 10.2. The van der Waals surface area contributed by atoms with Gasteiger partial charge in [-0.3, -0.25) is 10.1 Å². The Labute approximate surface area is 98.8 Å². The molecule has 0 radical (unpaired) electrons. The molecule has 0 amide bonds. The summed E-state index contributed by atoms with van der Waals surface area (Å²) in [5.41, 5.74) is -0.340. The van der Waals surface area contributed by atoms with Crippen molar-refractivity contribution in [3.8, 4) is 0 Å². The van der Waals surface area contributed by atoms with Crippen molar-refractivity contribution in [2.45, 2.75) is 0 Å². The van der Waals surface area contributed by atoms with Gasteiger partial charge in [0.2, 0.25) is 0 Å². The molecule has 0 bridgehead atoms. The summed E-state index contributed by atoms with van der Waals surface area (Å²) in [6, 6.07) is 2.40. The molecule has 2 rings (SSSR count). The molecule has 16 heavy (non-hydrogen) atoms. The standard InChI is InChI=1S/C9H3Cl2FN2O2/c10-4-1-2-5(12)7-8(11)6(14(15)16)3-13-9(4)7/h1-3H. The van der Waals surface area contributed by atoms with Gasteiger partial charge >= 0.3 is 5.69 Å². The van der Waals surface area contributed by atoms with Crippen LogP contribution in [0.3, 0.4) is 0 Å². The largest absolute Gasteiger partial charge is 0.306 e. The Bertz CT molecular complexity index is 604. The molecule has 0 unspecified atom stereocenters. The van der Waals surface area contributed by atoms with Gasteiger partial charge < -0.3 is 0 Å². The van der Waals surface area contributed by atoms with Crippen LogP contribution < -0.4 is 0 Å². The minimum Gasteiger partial charge on any atom is -0.258 e. The van der Waals surface area contributed by atoms with E-state index in [-0.39, 0.29) is 20.9 Å². The van der Waals surface area contributed by atoms with E-state index >= 15 is 0 Å². The molecular formula is C9H3Cl2FN2O2. The van der Waals surface area contributed by atoms with Crippen LogP contribution in [0.15, 0.2) is 18.3 Å². The molecule has 7 heteroatoms. The van der Waals surface area contributed by atoms with Crippen LogP contribution in [0.5, 0.6) is 0 Å². The monoisotopic (exact) mass is 260 g/mol. The van der Waals surface area contributed by atoms with Gasteiger partial charge in [-0.05, 0) is 12.1 Å². The van der Waals surface area contributed by atoms with Crippen LogP contribution in [0.1, 0.15) is 0 Å². The lowest BCUT2D eigenvalue weighted by Gasteiger charge is -2.03. The Balaban J connectivity index is 2.94. The normalized spacial score (nSPS) is 10.7. The van der Waals surface area contributed by atoms with E-state index in [4.69, 9.17) is 23.2 Å². The van der Waals surface area contributed by atoms with Gasteiger partial charge in [0.15, 0.2) is 0 Å². The molecule has 0 aliphatic rings. The smallest absolute Gasteiger partial charge is 0.258 e. The third-order valence-corrected chi connectivity index (χ3v) is 2.72. The van der Waals surface area contributed by atoms with E-state index in [0.29, 0.717) is 0 Å². The van der Waals surface area contributed by atoms with Gasteiger partial charge in [-0.1, -0.05) is 23.2 Å². The predicted molar refractivity (Wildman–Crippen MR) is 58.4 cm³/mol. The van der Waals surface area contributed by atoms with Crippen molar-refractivity contribution in [2.24, 2.45) is 0 Å². The highest BCUT2D eigenvalue weighted by atomic mass is 35.5. The van der Waals surface area contributed by atoms with Gasteiger partial charge in [-0.2, -0.15) is 0 Å². The van der Waals surface area contributed by atoms with Crippen molar-refractivity contribution in [1.82, 2.24) is 4.98 Å². The van der Waals surface area contributed by atoms with E-state index in [1.807, 2.05) is 0 Å². The maximum atomic E-state index is 13.5. The highest BCUT2D eigenvalue weighted by molar-refractivity contribution is 6.40. The molecule has 0 N–H and O–H groups in total. The lowest BCUT2D eigenvalue weighted by Crippen LogP contribution is -1.94. The van der Waals surface area contributed by atoms with Crippen LogP contribution >= 0.6 is 23.2 Å². The van der Waals surface area contributed by atoms with Gasteiger partial charge in [-0.25, -0.2) is 9.37 Å². The second kappa shape index (κ2) is 3.84. The number of pyridine rings is 1. The first-order chi connectivity index (χ1) is 7.52. The summed E-state index contributed by atoms with van der Waals surface area (Å²) in [4.78, 5) is 13.6. The zero-order valence-electron chi connectivity index (χ0n) is 7.58. The summed E-state index contributed by atoms with van der Waals surface area (Å²) >= 11 is 11.5. The van der Waals surface area contributed by atoms with E-state index in [9.17, 15) is 14.5 Å². The average molecular weight is 261 g/mol. The third-order valence-electron chi connectivity index (χ3n) is 2.03. The maximum Gasteiger partial charge on any atom is 0.306 e. The number of hydrogen-bond acceptors (Lipinski definition) is 3. The molecule has 4 nitrogen and oxygen atoms in total. The molecule has 1 heterocycles. The van der Waals surface area contributed by atoms with Gasteiger partial charge in [0.1, 0.15) is 17.0 Å². The fourth-order valence-electron chi connectivity index (χ4n) is 1.31. The molecule has 0 saturated carbocycles. The number of rotatable bonds is 1. The Morgan fingerprint density at radius 3 is 2.69 bits per heavy atom. The van der Waals surface area contributed by atoms with Crippen LogP contribution in [0.4, 0.5) is 10.1 Å². The number of aromatic nitrogens is 1. The summed E-state index contributed by atoms with van der Waals surface area (Å²) in [6.45, 7) is 0. The van der Waals surface area contributed by atoms with Crippen LogP contribution in [0.2, 0.25) is 10.0 Å². The minimum absolute atomic E-state index is 0.109. The zero-order chi connectivity index (χ0) is 11.9. The van der Waals surface area contributed by atoms with Gasteiger partial charge in [-0.15, -0.1) is 0 Å². The van der Waals surface area contributed by atoms with Crippen molar-refractivity contribution >= 4 is 39.8 Å². The first-order valence-corrected chi connectivity index (χ1v) is 4.84. The van der Waals surface area contributed by atoms with E-state index in [0.717, 1.165) is 12.3 Å². The number of hydrogen-bond donors (Lipinski definition) is 0. The average Bonchev–Trinajstić information content (AvgIpc) is 2.23. The molecule has 2 aromatic rings. The highest BCUT2D eigenvalue weighted by Crippen LogP contribution is 2.35. The van der Waals surface area contributed by atoms with Crippen LogP contribution in [0, 0.1) is 15.9 Å². The molecule has 1 aromatic heterocycles. The molecule has 0 aliphatic carbocycles. The van der Waals surface area contributed by atoms with Gasteiger partial charge in [0, 0.05) is 0 Å². The quantitative estimate of drug-likeness (QED) is 0.582. The summed E-state index contributed by atoms with van der Waals surface area (Å²) in [5, 5.41) is 10.3. The SMILES string of the molecule is O=[N+]([O-])c1cnc2c(Cl)ccc(F)c2c1Cl. The fourth-order valence-corrected chi connectivity index (χ4v) is 1.82. The van der Waals surface area contributed by atoms with Crippen LogP contribution in [0.25, 0.3) is 10.9 Å². The number of nitro groups is 1. The molecule has 0 saturated heterocycles. The molecule has 0 spiro atoms. The minimum atomic E-state index is -0.727. The number of fused-ring (bicyclic) bond motifs is 1. The molecule has 0 fully saturated rings. The van der Waals surface area contributed by atoms with E-state index in [1.165, 1.54) is 6.07 Å². The number of halogens is 3. The zero-order valence-corrected chi connectivity index (χ0v) is 9.09. The summed E-state index contributed by atoms with van der Waals surface area (Å²) in [5.74, 6) is -0.694. The first kappa shape index (κ1) is 11.0. The van der Waals surface area contributed by atoms with Crippen molar-refractivity contribution in [1.29, 1.82) is 0 Å². The van der Waals surface area contributed by atoms with E-state index in [2.05, 4.69) is 4.98 Å². The Morgan fingerprint density at radius 1 is 1.38 bits per heavy atom. The second-order valence-electron chi connectivity index (χ2n) is 2.97. The van der Waals surface area contributed by atoms with Crippen molar-refractivity contribution in [3.63, 3.8) is 0 Å². The lowest BCUT2D eigenvalue weighted by molar-refractivity contribution is -0.384.